The highest BCUT2D eigenvalue weighted by molar-refractivity contribution is 5.86. The summed E-state index contributed by atoms with van der Waals surface area (Å²) >= 11 is 0. The zero-order chi connectivity index (χ0) is 45.9. The van der Waals surface area contributed by atoms with Gasteiger partial charge in [-0.1, -0.05) is 211 Å². The van der Waals surface area contributed by atoms with E-state index >= 15 is 0 Å². The second-order valence-corrected chi connectivity index (χ2v) is 18.4. The first-order chi connectivity index (χ1) is 30.6. The number of rotatable bonds is 37. The minimum absolute atomic E-state index is 0.00151. The van der Waals surface area contributed by atoms with Crippen molar-refractivity contribution in [2.75, 3.05) is 13.1 Å². The van der Waals surface area contributed by atoms with Crippen LogP contribution in [0.3, 0.4) is 0 Å². The van der Waals surface area contributed by atoms with Crippen molar-refractivity contribution in [3.63, 3.8) is 0 Å². The number of nitrogens with one attached hydrogen (secondary N) is 2. The Morgan fingerprint density at radius 1 is 0.746 bits per heavy atom. The summed E-state index contributed by atoms with van der Waals surface area (Å²) in [4.78, 5) is 45.7. The fourth-order valence-corrected chi connectivity index (χ4v) is 8.47. The van der Waals surface area contributed by atoms with E-state index < -0.39 is 48.6 Å². The quantitative estimate of drug-likeness (QED) is 0.0221. The van der Waals surface area contributed by atoms with Crippen molar-refractivity contribution in [1.82, 2.24) is 15.5 Å². The standard InChI is InChI=1S/C50H88N6O7/c1-5-7-9-11-13-15-16-17-18-19-20-21-23-25-27-32-36-56(44(57)35-31-26-24-22-14-12-10-8-6-2)49-45(47(59)46(58)43(63-49)38-52-55-51)54-48(60)42(37-40(3)4)53-50(61)62-39-41-33-29-28-30-34-41/h28-30,33-34,40,42-43,45-47,49,58-59H,5-27,31-32,35-39H2,1-4H3,(H,53,61)(H,54,60)/t42-,43+,45+,46+,47+,49+/m0/s1. The third-order valence-corrected chi connectivity index (χ3v) is 12.3. The Balaban J connectivity index is 2.13. The van der Waals surface area contributed by atoms with Crippen molar-refractivity contribution in [2.45, 2.75) is 244 Å². The monoisotopic (exact) mass is 885 g/mol. The third-order valence-electron chi connectivity index (χ3n) is 12.3. The molecule has 1 saturated heterocycles. The molecule has 63 heavy (non-hydrogen) atoms. The molecule has 1 aromatic rings. The maximum Gasteiger partial charge on any atom is 0.408 e. The molecule has 13 heteroatoms. The molecule has 6 atom stereocenters. The van der Waals surface area contributed by atoms with E-state index in [9.17, 15) is 24.6 Å². The zero-order valence-electron chi connectivity index (χ0n) is 39.9. The lowest BCUT2D eigenvalue weighted by atomic mass is 9.93. The van der Waals surface area contributed by atoms with E-state index in [1.54, 1.807) is 4.90 Å². The molecule has 0 aromatic heterocycles. The number of carbonyl (C=O) groups is 3. The number of aliphatic hydroxyl groups is 2. The summed E-state index contributed by atoms with van der Waals surface area (Å²) in [6.45, 7) is 8.41. The molecule has 1 aliphatic rings. The number of nitrogens with zero attached hydrogens (tertiary/aromatic N) is 4. The highest BCUT2D eigenvalue weighted by Gasteiger charge is 2.48. The fourth-order valence-electron chi connectivity index (χ4n) is 8.47. The number of benzene rings is 1. The van der Waals surface area contributed by atoms with Crippen molar-refractivity contribution in [1.29, 1.82) is 0 Å². The smallest absolute Gasteiger partial charge is 0.408 e. The lowest BCUT2D eigenvalue weighted by molar-refractivity contribution is -0.222. The first kappa shape index (κ1) is 55.8. The molecular formula is C50H88N6O7. The van der Waals surface area contributed by atoms with Crippen molar-refractivity contribution in [3.8, 4) is 0 Å². The van der Waals surface area contributed by atoms with Crippen LogP contribution in [-0.4, -0.2) is 82.7 Å². The van der Waals surface area contributed by atoms with E-state index in [-0.39, 0.29) is 37.8 Å². The Bertz CT molecular complexity index is 1380. The fraction of sp³-hybridized carbons (Fsp3) is 0.820. The molecule has 1 aromatic carbocycles. The Hall–Kier alpha value is -3.38. The molecule has 1 fully saturated rings. The summed E-state index contributed by atoms with van der Waals surface area (Å²) in [5.74, 6) is -0.760. The lowest BCUT2D eigenvalue weighted by Crippen LogP contribution is -2.69. The predicted molar refractivity (Wildman–Crippen MR) is 253 cm³/mol. The van der Waals surface area contributed by atoms with Crippen molar-refractivity contribution >= 4 is 17.9 Å². The molecule has 0 aliphatic carbocycles. The molecule has 13 nitrogen and oxygen atoms in total. The molecule has 0 bridgehead atoms. The largest absolute Gasteiger partial charge is 0.445 e. The van der Waals surface area contributed by atoms with E-state index in [0.717, 1.165) is 44.1 Å². The minimum atomic E-state index is -1.56. The van der Waals surface area contributed by atoms with Crippen molar-refractivity contribution in [2.24, 2.45) is 11.0 Å². The Labute approximate surface area is 381 Å². The van der Waals surface area contributed by atoms with Gasteiger partial charge in [0.15, 0.2) is 6.23 Å². The average Bonchev–Trinajstić information content (AvgIpc) is 3.27. The van der Waals surface area contributed by atoms with Gasteiger partial charge < -0.3 is 35.2 Å². The van der Waals surface area contributed by atoms with Crippen molar-refractivity contribution < 1.29 is 34.1 Å². The molecule has 4 N–H and O–H groups in total. The molecule has 0 radical (unpaired) electrons. The second kappa shape index (κ2) is 35.9. The van der Waals surface area contributed by atoms with Gasteiger partial charge in [0.1, 0.15) is 30.9 Å². The van der Waals surface area contributed by atoms with Crippen LogP contribution in [0.1, 0.15) is 207 Å². The maximum atomic E-state index is 14.2. The lowest BCUT2D eigenvalue weighted by Gasteiger charge is -2.47. The Morgan fingerprint density at radius 2 is 1.24 bits per heavy atom. The van der Waals surface area contributed by atoms with Crippen LogP contribution in [-0.2, 0) is 25.7 Å². The van der Waals surface area contributed by atoms with Gasteiger partial charge in [-0.2, -0.15) is 0 Å². The average molecular weight is 885 g/mol. The summed E-state index contributed by atoms with van der Waals surface area (Å²) in [5, 5.41) is 32.0. The molecule has 360 valence electrons. The van der Waals surface area contributed by atoms with Gasteiger partial charge in [0.05, 0.1) is 12.6 Å². The van der Waals surface area contributed by atoms with E-state index in [0.29, 0.717) is 19.4 Å². The van der Waals surface area contributed by atoms with Crippen molar-refractivity contribution in [3.05, 3.63) is 46.3 Å². The third kappa shape index (κ3) is 25.0. The molecule has 0 unspecified atom stereocenters. The van der Waals surface area contributed by atoms with Gasteiger partial charge in [0, 0.05) is 17.9 Å². The number of hydrogen-bond acceptors (Lipinski definition) is 8. The first-order valence-electron chi connectivity index (χ1n) is 25.2. The number of aliphatic hydroxyl groups excluding tert-OH is 2. The number of ether oxygens (including phenoxy) is 2. The van der Waals surface area contributed by atoms with Crippen LogP contribution in [0.2, 0.25) is 0 Å². The number of alkyl carbamates (subject to hydrolysis) is 1. The molecular weight excluding hydrogens is 797 g/mol. The summed E-state index contributed by atoms with van der Waals surface area (Å²) in [7, 11) is 0. The van der Waals surface area contributed by atoms with Gasteiger partial charge in [0.2, 0.25) is 11.8 Å². The number of carbonyl (C=O) groups excluding carboxylic acids is 3. The van der Waals surface area contributed by atoms with Crippen LogP contribution >= 0.6 is 0 Å². The van der Waals surface area contributed by atoms with Gasteiger partial charge in [-0.05, 0) is 36.3 Å². The summed E-state index contributed by atoms with van der Waals surface area (Å²) in [5.41, 5.74) is 9.90. The molecule has 0 spiro atoms. The Kier molecular flexibility index (Phi) is 31.8. The summed E-state index contributed by atoms with van der Waals surface area (Å²) in [6, 6.07) is 6.95. The van der Waals surface area contributed by atoms with E-state index in [2.05, 4.69) is 34.5 Å². The number of hydrogen-bond donors (Lipinski definition) is 4. The topological polar surface area (TPSA) is 186 Å². The highest BCUT2D eigenvalue weighted by Crippen LogP contribution is 2.27. The van der Waals surface area contributed by atoms with Crippen LogP contribution in [0.25, 0.3) is 10.4 Å². The normalized spacial score (nSPS) is 19.0. The van der Waals surface area contributed by atoms with Crippen LogP contribution in [0.4, 0.5) is 4.79 Å². The van der Waals surface area contributed by atoms with Crippen LogP contribution in [0.15, 0.2) is 35.4 Å². The highest BCUT2D eigenvalue weighted by atomic mass is 16.5. The molecule has 3 amide bonds. The van der Waals surface area contributed by atoms with Gasteiger partial charge in [0.25, 0.3) is 0 Å². The van der Waals surface area contributed by atoms with Gasteiger partial charge in [-0.3, -0.25) is 9.59 Å². The SMILES string of the molecule is CCCCCCCCCCCCCCCCCCN(C(=O)CCCCCCCCCCC)[C@@H]1O[C@H](CN=[N+]=[N-])[C@@H](O)[C@H](O)[C@H]1NC(=O)[C@H](CC(C)C)NC(=O)OCc1ccccc1. The zero-order valence-corrected chi connectivity index (χ0v) is 39.9. The number of azide groups is 1. The first-order valence-corrected chi connectivity index (χ1v) is 25.2. The summed E-state index contributed by atoms with van der Waals surface area (Å²) < 4.78 is 11.8. The van der Waals surface area contributed by atoms with Gasteiger partial charge >= 0.3 is 6.09 Å². The molecule has 1 heterocycles. The van der Waals surface area contributed by atoms with Crippen LogP contribution < -0.4 is 10.6 Å². The molecule has 1 aliphatic heterocycles. The van der Waals surface area contributed by atoms with Crippen LogP contribution in [0, 0.1) is 5.92 Å². The van der Waals surface area contributed by atoms with Gasteiger partial charge in [-0.15, -0.1) is 0 Å². The predicted octanol–water partition coefficient (Wildman–Crippen LogP) is 11.6. The van der Waals surface area contributed by atoms with Gasteiger partial charge in [-0.25, -0.2) is 4.79 Å². The van der Waals surface area contributed by atoms with E-state index in [1.807, 2.05) is 44.2 Å². The second-order valence-electron chi connectivity index (χ2n) is 18.4. The van der Waals surface area contributed by atoms with Crippen LogP contribution in [0.5, 0.6) is 0 Å². The molecule has 2 rings (SSSR count). The number of amides is 3. The minimum Gasteiger partial charge on any atom is -0.445 e. The number of unbranched alkanes of at least 4 members (excludes halogenated alkanes) is 23. The molecule has 0 saturated carbocycles. The van der Waals surface area contributed by atoms with E-state index in [1.165, 1.54) is 109 Å². The maximum absolute atomic E-state index is 14.2. The van der Waals surface area contributed by atoms with E-state index in [4.69, 9.17) is 15.0 Å². The summed E-state index contributed by atoms with van der Waals surface area (Å²) in [6.07, 6.45) is 24.0. The Morgan fingerprint density at radius 3 is 1.73 bits per heavy atom.